The molecule has 1 aliphatic heterocycles. The summed E-state index contributed by atoms with van der Waals surface area (Å²) in [6.07, 6.45) is 8.82. The number of nitrogens with zero attached hydrogens (tertiary/aromatic N) is 3. The van der Waals surface area contributed by atoms with E-state index in [-0.39, 0.29) is 0 Å². The molecule has 0 spiro atoms. The zero-order valence-electron chi connectivity index (χ0n) is 19.6. The van der Waals surface area contributed by atoms with Crippen molar-refractivity contribution in [1.29, 1.82) is 0 Å². The van der Waals surface area contributed by atoms with Crippen LogP contribution in [0.3, 0.4) is 0 Å². The van der Waals surface area contributed by atoms with Crippen LogP contribution >= 0.6 is 0 Å². The average Bonchev–Trinajstić information content (AvgIpc) is 3.29. The molecule has 3 heterocycles. The van der Waals surface area contributed by atoms with E-state index in [9.17, 15) is 4.79 Å². The van der Waals surface area contributed by atoms with Crippen LogP contribution in [0.15, 0.2) is 60.9 Å². The molecule has 33 heavy (non-hydrogen) atoms. The molecular formula is C27H32N4O2. The number of aliphatic hydroxyl groups is 1. The minimum Gasteiger partial charge on any atom is -0.400 e. The van der Waals surface area contributed by atoms with Crippen molar-refractivity contribution >= 4 is 17.5 Å². The number of aryl methyl sites for hydroxylation is 2. The number of carbonyl (C=O) groups excluding carboxylic acids is 1. The van der Waals surface area contributed by atoms with E-state index in [2.05, 4.69) is 42.3 Å². The largest absolute Gasteiger partial charge is 0.400 e. The number of hydrogen-bond acceptors (Lipinski definition) is 5. The van der Waals surface area contributed by atoms with Gasteiger partial charge in [0.25, 0.3) is 0 Å². The van der Waals surface area contributed by atoms with Gasteiger partial charge in [-0.25, -0.2) is 4.98 Å². The molecule has 0 aliphatic carbocycles. The lowest BCUT2D eigenvalue weighted by Crippen LogP contribution is -2.21. The molecule has 0 bridgehead atoms. The van der Waals surface area contributed by atoms with E-state index in [1.165, 1.54) is 43.5 Å². The molecule has 0 atom stereocenters. The highest BCUT2D eigenvalue weighted by Gasteiger charge is 2.09. The molecule has 6 nitrogen and oxygen atoms in total. The number of aliphatic hydroxyl groups excluding tert-OH is 1. The first-order valence-electron chi connectivity index (χ1n) is 11.3. The molecule has 2 aromatic heterocycles. The number of benzene rings is 2. The van der Waals surface area contributed by atoms with Crippen LogP contribution in [-0.4, -0.2) is 46.1 Å². The third kappa shape index (κ3) is 6.34. The Morgan fingerprint density at radius 2 is 1.61 bits per heavy atom. The normalized spacial score (nSPS) is 12.8. The van der Waals surface area contributed by atoms with Gasteiger partial charge in [0.15, 0.2) is 5.65 Å². The number of aldehydes is 1. The summed E-state index contributed by atoms with van der Waals surface area (Å²) in [5.74, 6) is 0. The molecule has 1 saturated heterocycles. The molecule has 6 heteroatoms. The van der Waals surface area contributed by atoms with E-state index in [0.717, 1.165) is 41.5 Å². The van der Waals surface area contributed by atoms with E-state index < -0.39 is 0 Å². The van der Waals surface area contributed by atoms with Crippen LogP contribution in [0.2, 0.25) is 0 Å². The third-order valence-corrected chi connectivity index (χ3v) is 5.42. The Bertz CT molecular complexity index is 1150. The molecule has 4 aromatic rings. The second-order valence-corrected chi connectivity index (χ2v) is 8.05. The first-order chi connectivity index (χ1) is 16.1. The Hall–Kier alpha value is -3.35. The summed E-state index contributed by atoms with van der Waals surface area (Å²) >= 11 is 0. The van der Waals surface area contributed by atoms with Gasteiger partial charge in [-0.2, -0.15) is 0 Å². The minimum absolute atomic E-state index is 0.655. The summed E-state index contributed by atoms with van der Waals surface area (Å²) < 4.78 is 1.99. The van der Waals surface area contributed by atoms with Crippen LogP contribution in [-0.2, 0) is 0 Å². The molecule has 5 rings (SSSR count). The summed E-state index contributed by atoms with van der Waals surface area (Å²) in [4.78, 5) is 20.2. The van der Waals surface area contributed by atoms with Crippen molar-refractivity contribution in [3.63, 3.8) is 0 Å². The quantitative estimate of drug-likeness (QED) is 0.440. The van der Waals surface area contributed by atoms with Gasteiger partial charge in [0.05, 0.1) is 11.9 Å². The molecular weight excluding hydrogens is 412 g/mol. The van der Waals surface area contributed by atoms with E-state index in [0.29, 0.717) is 5.56 Å². The summed E-state index contributed by atoms with van der Waals surface area (Å²) in [6, 6.07) is 15.8. The first-order valence-corrected chi connectivity index (χ1v) is 11.3. The molecule has 0 unspecified atom stereocenters. The van der Waals surface area contributed by atoms with Gasteiger partial charge in [0.1, 0.15) is 11.8 Å². The van der Waals surface area contributed by atoms with Crippen LogP contribution in [0.1, 0.15) is 40.7 Å². The van der Waals surface area contributed by atoms with Crippen LogP contribution in [0, 0.1) is 13.8 Å². The van der Waals surface area contributed by atoms with Crippen molar-refractivity contribution in [2.24, 2.45) is 0 Å². The fourth-order valence-corrected chi connectivity index (χ4v) is 3.88. The lowest BCUT2D eigenvalue weighted by Gasteiger charge is -2.08. The highest BCUT2D eigenvalue weighted by molar-refractivity contribution is 5.78. The van der Waals surface area contributed by atoms with Crippen molar-refractivity contribution in [3.8, 4) is 16.9 Å². The van der Waals surface area contributed by atoms with E-state index >= 15 is 0 Å². The summed E-state index contributed by atoms with van der Waals surface area (Å²) in [7, 11) is 1.00. The van der Waals surface area contributed by atoms with Crippen molar-refractivity contribution < 1.29 is 9.90 Å². The second-order valence-electron chi connectivity index (χ2n) is 8.05. The second kappa shape index (κ2) is 12.0. The molecule has 0 amide bonds. The highest BCUT2D eigenvalue weighted by atomic mass is 16.2. The molecule has 2 aromatic carbocycles. The summed E-state index contributed by atoms with van der Waals surface area (Å²) in [6.45, 7) is 6.67. The maximum atomic E-state index is 10.8. The maximum absolute atomic E-state index is 10.8. The van der Waals surface area contributed by atoms with Crippen molar-refractivity contribution in [2.75, 3.05) is 20.2 Å². The fraction of sp³-hybridized carbons (Fsp3) is 0.296. The average molecular weight is 445 g/mol. The predicted molar refractivity (Wildman–Crippen MR) is 134 cm³/mol. The minimum atomic E-state index is 0.655. The number of aromatic nitrogens is 3. The lowest BCUT2D eigenvalue weighted by atomic mass is 10.1. The maximum Gasteiger partial charge on any atom is 0.163 e. The monoisotopic (exact) mass is 444 g/mol. The molecule has 2 N–H and O–H groups in total. The Morgan fingerprint density at radius 3 is 2.15 bits per heavy atom. The third-order valence-electron chi connectivity index (χ3n) is 5.42. The number of nitrogens with one attached hydrogen (secondary N) is 1. The molecule has 1 fully saturated rings. The Balaban J connectivity index is 0.000000329. The van der Waals surface area contributed by atoms with Gasteiger partial charge in [-0.3, -0.25) is 14.3 Å². The van der Waals surface area contributed by atoms with Gasteiger partial charge < -0.3 is 10.4 Å². The van der Waals surface area contributed by atoms with Crippen molar-refractivity contribution in [1.82, 2.24) is 19.9 Å². The van der Waals surface area contributed by atoms with Gasteiger partial charge in [-0.15, -0.1) is 0 Å². The number of piperidine rings is 1. The topological polar surface area (TPSA) is 80.0 Å². The van der Waals surface area contributed by atoms with Gasteiger partial charge in [0.2, 0.25) is 0 Å². The highest BCUT2D eigenvalue weighted by Crippen LogP contribution is 2.24. The predicted octanol–water partition coefficient (Wildman–Crippen LogP) is 4.89. The Kier molecular flexibility index (Phi) is 8.87. The van der Waals surface area contributed by atoms with Crippen molar-refractivity contribution in [3.05, 3.63) is 77.6 Å². The lowest BCUT2D eigenvalue weighted by molar-refractivity contribution is 0.112. The number of hydrogen-bond donors (Lipinski definition) is 2. The fourth-order valence-electron chi connectivity index (χ4n) is 3.88. The number of carbonyl (C=O) groups is 1. The SMILES string of the molecule is C1CCNCC1.CO.Cc1cc(C)cc(-c2cnc3ccn(-c4ccc(C=O)cc4)c3n2)c1. The summed E-state index contributed by atoms with van der Waals surface area (Å²) in [5.41, 5.74) is 7.57. The number of rotatable bonds is 3. The molecule has 0 saturated carbocycles. The van der Waals surface area contributed by atoms with Crippen LogP contribution < -0.4 is 5.32 Å². The van der Waals surface area contributed by atoms with Crippen LogP contribution in [0.5, 0.6) is 0 Å². The van der Waals surface area contributed by atoms with Crippen LogP contribution in [0.4, 0.5) is 0 Å². The van der Waals surface area contributed by atoms with Gasteiger partial charge in [-0.05, 0) is 82.2 Å². The standard InChI is InChI=1S/C21H17N3O.C5H11N.CH4O/c1-14-9-15(2)11-17(10-14)20-12-22-19-7-8-24(21(19)23-20)18-5-3-16(13-25)4-6-18;1-2-4-6-5-3-1;1-2/h3-13H,1-2H3;6H,1-5H2;2H,1H3. The smallest absolute Gasteiger partial charge is 0.163 e. The first kappa shape index (κ1) is 24.3. The van der Waals surface area contributed by atoms with Gasteiger partial charge >= 0.3 is 0 Å². The molecule has 1 aliphatic rings. The van der Waals surface area contributed by atoms with Crippen LogP contribution in [0.25, 0.3) is 28.1 Å². The number of fused-ring (bicyclic) bond motifs is 1. The molecule has 0 radical (unpaired) electrons. The van der Waals surface area contributed by atoms with E-state index in [1.54, 1.807) is 12.1 Å². The Labute approximate surface area is 195 Å². The van der Waals surface area contributed by atoms with E-state index in [1.807, 2.05) is 35.2 Å². The summed E-state index contributed by atoms with van der Waals surface area (Å²) in [5, 5.41) is 10.3. The Morgan fingerprint density at radius 1 is 0.939 bits per heavy atom. The van der Waals surface area contributed by atoms with Gasteiger partial charge in [0, 0.05) is 30.1 Å². The molecule has 172 valence electrons. The van der Waals surface area contributed by atoms with E-state index in [4.69, 9.17) is 10.1 Å². The zero-order valence-corrected chi connectivity index (χ0v) is 19.6. The van der Waals surface area contributed by atoms with Gasteiger partial charge in [-0.1, -0.05) is 23.6 Å². The zero-order chi connectivity index (χ0) is 23.6. The van der Waals surface area contributed by atoms with Crippen molar-refractivity contribution in [2.45, 2.75) is 33.1 Å².